The maximum absolute atomic E-state index is 5.75. The first-order chi connectivity index (χ1) is 8.85. The van der Waals surface area contributed by atoms with Crippen molar-refractivity contribution in [3.05, 3.63) is 53.3 Å². The van der Waals surface area contributed by atoms with Gasteiger partial charge in [0.25, 0.3) is 0 Å². The molecule has 3 nitrogen and oxygen atoms in total. The molecule has 0 spiro atoms. The Labute approximate surface area is 114 Å². The average molecular weight is 278 g/mol. The van der Waals surface area contributed by atoms with Crippen LogP contribution >= 0.6 is 22.9 Å². The Balaban J connectivity index is 1.68. The van der Waals surface area contributed by atoms with Crippen LogP contribution in [0.15, 0.2) is 42.0 Å². The second kappa shape index (κ2) is 5.00. The molecule has 1 N–H and O–H groups in total. The van der Waals surface area contributed by atoms with Crippen LogP contribution in [-0.2, 0) is 12.4 Å². The molecular weight excluding hydrogens is 266 g/mol. The second-order valence-electron chi connectivity index (χ2n) is 4.01. The first-order valence-electron chi connectivity index (χ1n) is 5.65. The van der Waals surface area contributed by atoms with Gasteiger partial charge in [-0.1, -0.05) is 12.1 Å². The van der Waals surface area contributed by atoms with Gasteiger partial charge < -0.3 is 5.32 Å². The van der Waals surface area contributed by atoms with Gasteiger partial charge in [0.2, 0.25) is 0 Å². The fourth-order valence-corrected chi connectivity index (χ4v) is 2.66. The molecule has 3 rings (SSSR count). The van der Waals surface area contributed by atoms with Crippen molar-refractivity contribution >= 4 is 33.6 Å². The Kier molecular flexibility index (Phi) is 3.21. The molecule has 0 radical (unpaired) electrons. The van der Waals surface area contributed by atoms with E-state index in [9.17, 15) is 0 Å². The minimum absolute atomic E-state index is 0.553. The first kappa shape index (κ1) is 11.6. The number of benzene rings is 1. The van der Waals surface area contributed by atoms with Gasteiger partial charge in [-0.25, -0.2) is 4.98 Å². The quantitative estimate of drug-likeness (QED) is 0.736. The third-order valence-electron chi connectivity index (χ3n) is 2.73. The van der Waals surface area contributed by atoms with Crippen molar-refractivity contribution in [2.75, 3.05) is 5.32 Å². The molecule has 2 aromatic heterocycles. The minimum Gasteiger partial charge on any atom is -0.379 e. The second-order valence-corrected chi connectivity index (χ2v) is 5.15. The third kappa shape index (κ3) is 2.35. The summed E-state index contributed by atoms with van der Waals surface area (Å²) >= 11 is 7.40. The van der Waals surface area contributed by atoms with Crippen LogP contribution in [0.5, 0.6) is 0 Å². The summed E-state index contributed by atoms with van der Waals surface area (Å²) in [5.74, 6) is 0.553. The van der Waals surface area contributed by atoms with Gasteiger partial charge in [-0.05, 0) is 17.7 Å². The molecular formula is C13H12ClN3S. The van der Waals surface area contributed by atoms with Crippen molar-refractivity contribution in [3.63, 3.8) is 0 Å². The molecule has 0 aliphatic rings. The number of hydrogen-bond acceptors (Lipinski definition) is 3. The third-order valence-corrected chi connectivity index (χ3v) is 3.80. The summed E-state index contributed by atoms with van der Waals surface area (Å²) < 4.78 is 2.04. The fourth-order valence-electron chi connectivity index (χ4n) is 1.77. The van der Waals surface area contributed by atoms with E-state index >= 15 is 0 Å². The number of alkyl halides is 1. The summed E-state index contributed by atoms with van der Waals surface area (Å²) in [4.78, 5) is 5.55. The topological polar surface area (TPSA) is 29.3 Å². The lowest BCUT2D eigenvalue weighted by Gasteiger charge is -2.04. The Bertz CT molecular complexity index is 613. The highest BCUT2D eigenvalue weighted by atomic mass is 35.5. The van der Waals surface area contributed by atoms with Crippen molar-refractivity contribution in [1.29, 1.82) is 0 Å². The van der Waals surface area contributed by atoms with Gasteiger partial charge in [-0.15, -0.1) is 22.9 Å². The van der Waals surface area contributed by atoms with Crippen molar-refractivity contribution < 1.29 is 0 Å². The summed E-state index contributed by atoms with van der Waals surface area (Å²) in [6.45, 7) is 0.731. The number of rotatable bonds is 4. The standard InChI is InChI=1S/C13H12ClN3S/c14-7-10-1-3-11(4-2-10)15-8-12-9-17-5-6-18-13(17)16-12/h1-6,9,15H,7-8H2. The maximum atomic E-state index is 5.75. The van der Waals surface area contributed by atoms with E-state index < -0.39 is 0 Å². The highest BCUT2D eigenvalue weighted by Gasteiger charge is 2.02. The molecule has 0 atom stereocenters. The Morgan fingerprint density at radius 3 is 2.83 bits per heavy atom. The lowest BCUT2D eigenvalue weighted by Crippen LogP contribution is -1.99. The number of thiazole rings is 1. The van der Waals surface area contributed by atoms with Crippen molar-refractivity contribution in [2.45, 2.75) is 12.4 Å². The van der Waals surface area contributed by atoms with Crippen LogP contribution in [0.3, 0.4) is 0 Å². The number of aromatic nitrogens is 2. The summed E-state index contributed by atoms with van der Waals surface area (Å²) in [5.41, 5.74) is 3.26. The van der Waals surface area contributed by atoms with E-state index in [1.807, 2.05) is 46.4 Å². The lowest BCUT2D eigenvalue weighted by atomic mass is 10.2. The fraction of sp³-hybridized carbons (Fsp3) is 0.154. The number of imidazole rings is 1. The zero-order chi connectivity index (χ0) is 12.4. The SMILES string of the molecule is ClCc1ccc(NCc2cn3ccsc3n2)cc1. The van der Waals surface area contributed by atoms with E-state index in [4.69, 9.17) is 11.6 Å². The molecule has 1 aromatic carbocycles. The predicted molar refractivity (Wildman–Crippen MR) is 76.4 cm³/mol. The number of anilines is 1. The molecule has 0 unspecified atom stereocenters. The van der Waals surface area contributed by atoms with E-state index in [0.717, 1.165) is 28.5 Å². The molecule has 2 heterocycles. The molecule has 0 saturated heterocycles. The zero-order valence-electron chi connectivity index (χ0n) is 9.64. The molecule has 5 heteroatoms. The number of nitrogens with one attached hydrogen (secondary N) is 1. The Hall–Kier alpha value is -1.52. The minimum atomic E-state index is 0.553. The normalized spacial score (nSPS) is 10.9. The molecule has 0 bridgehead atoms. The zero-order valence-corrected chi connectivity index (χ0v) is 11.2. The average Bonchev–Trinajstić information content (AvgIpc) is 2.97. The van der Waals surface area contributed by atoms with Crippen LogP contribution in [0.4, 0.5) is 5.69 Å². The Morgan fingerprint density at radius 1 is 1.28 bits per heavy atom. The summed E-state index contributed by atoms with van der Waals surface area (Å²) in [6, 6.07) is 8.13. The van der Waals surface area contributed by atoms with E-state index in [0.29, 0.717) is 5.88 Å². The molecule has 0 saturated carbocycles. The number of nitrogens with zero attached hydrogens (tertiary/aromatic N) is 2. The smallest absolute Gasteiger partial charge is 0.193 e. The summed E-state index contributed by atoms with van der Waals surface area (Å²) in [5, 5.41) is 5.38. The predicted octanol–water partition coefficient (Wildman–Crippen LogP) is 3.75. The van der Waals surface area contributed by atoms with Crippen molar-refractivity contribution in [1.82, 2.24) is 9.38 Å². The van der Waals surface area contributed by atoms with E-state index in [1.165, 1.54) is 0 Å². The van der Waals surface area contributed by atoms with Gasteiger partial charge in [0.05, 0.1) is 12.2 Å². The molecule has 0 aliphatic carbocycles. The monoisotopic (exact) mass is 277 g/mol. The molecule has 18 heavy (non-hydrogen) atoms. The van der Waals surface area contributed by atoms with Gasteiger partial charge in [0, 0.05) is 29.3 Å². The van der Waals surface area contributed by atoms with Crippen LogP contribution in [-0.4, -0.2) is 9.38 Å². The number of fused-ring (bicyclic) bond motifs is 1. The highest BCUT2D eigenvalue weighted by Crippen LogP contribution is 2.14. The van der Waals surface area contributed by atoms with Gasteiger partial charge in [-0.3, -0.25) is 4.40 Å². The summed E-state index contributed by atoms with van der Waals surface area (Å²) in [7, 11) is 0. The first-order valence-corrected chi connectivity index (χ1v) is 7.06. The number of hydrogen-bond donors (Lipinski definition) is 1. The summed E-state index contributed by atoms with van der Waals surface area (Å²) in [6.07, 6.45) is 4.07. The molecule has 0 amide bonds. The molecule has 0 aliphatic heterocycles. The van der Waals surface area contributed by atoms with Crippen molar-refractivity contribution in [3.8, 4) is 0 Å². The van der Waals surface area contributed by atoms with E-state index in [-0.39, 0.29) is 0 Å². The van der Waals surface area contributed by atoms with Crippen LogP contribution in [0.2, 0.25) is 0 Å². The van der Waals surface area contributed by atoms with Gasteiger partial charge >= 0.3 is 0 Å². The number of halogens is 1. The van der Waals surface area contributed by atoms with E-state index in [1.54, 1.807) is 11.3 Å². The van der Waals surface area contributed by atoms with Gasteiger partial charge in [0.1, 0.15) is 0 Å². The van der Waals surface area contributed by atoms with Crippen LogP contribution < -0.4 is 5.32 Å². The highest BCUT2D eigenvalue weighted by molar-refractivity contribution is 7.15. The van der Waals surface area contributed by atoms with Crippen LogP contribution in [0, 0.1) is 0 Å². The molecule has 3 aromatic rings. The van der Waals surface area contributed by atoms with E-state index in [2.05, 4.69) is 10.3 Å². The molecule has 92 valence electrons. The maximum Gasteiger partial charge on any atom is 0.193 e. The van der Waals surface area contributed by atoms with Crippen LogP contribution in [0.1, 0.15) is 11.3 Å². The molecule has 0 fully saturated rings. The van der Waals surface area contributed by atoms with Crippen LogP contribution in [0.25, 0.3) is 4.96 Å². The largest absolute Gasteiger partial charge is 0.379 e. The van der Waals surface area contributed by atoms with Crippen molar-refractivity contribution in [2.24, 2.45) is 0 Å². The Morgan fingerprint density at radius 2 is 2.11 bits per heavy atom. The van der Waals surface area contributed by atoms with Gasteiger partial charge in [-0.2, -0.15) is 0 Å². The lowest BCUT2D eigenvalue weighted by molar-refractivity contribution is 1.08. The van der Waals surface area contributed by atoms with Gasteiger partial charge in [0.15, 0.2) is 4.96 Å².